The van der Waals surface area contributed by atoms with Gasteiger partial charge in [0.2, 0.25) is 0 Å². The van der Waals surface area contributed by atoms with Crippen LogP contribution in [-0.4, -0.2) is 17.7 Å². The van der Waals surface area contributed by atoms with Crippen LogP contribution in [0.4, 0.5) is 17.1 Å². The predicted octanol–water partition coefficient (Wildman–Crippen LogP) is 5.63. The fourth-order valence-corrected chi connectivity index (χ4v) is 3.75. The fourth-order valence-electron chi connectivity index (χ4n) is 3.06. The maximum atomic E-state index is 12.9. The average molecular weight is 578 g/mol. The Bertz CT molecular complexity index is 1260. The zero-order valence-corrected chi connectivity index (χ0v) is 19.9. The van der Waals surface area contributed by atoms with Crippen molar-refractivity contribution >= 4 is 80.6 Å². The molecule has 1 aliphatic heterocycles. The number of amides is 3. The third-order valence-corrected chi connectivity index (χ3v) is 5.93. The Morgan fingerprint density at radius 3 is 2.22 bits per heavy atom. The van der Waals surface area contributed by atoms with Crippen molar-refractivity contribution in [2.24, 2.45) is 0 Å². The van der Waals surface area contributed by atoms with Gasteiger partial charge in [-0.25, -0.2) is 4.90 Å². The number of hydrogen-bond acceptors (Lipinski definition) is 4. The van der Waals surface area contributed by atoms with Gasteiger partial charge in [0.15, 0.2) is 0 Å². The topological polar surface area (TPSA) is 78.5 Å². The second-order valence-corrected chi connectivity index (χ2v) is 8.84. The number of anilines is 3. The van der Waals surface area contributed by atoms with Crippen molar-refractivity contribution in [3.63, 3.8) is 0 Å². The van der Waals surface area contributed by atoms with E-state index in [1.807, 2.05) is 12.1 Å². The van der Waals surface area contributed by atoms with E-state index in [0.29, 0.717) is 27.6 Å². The summed E-state index contributed by atoms with van der Waals surface area (Å²) >= 11 is 14.2. The summed E-state index contributed by atoms with van der Waals surface area (Å²) in [7, 11) is 0. The summed E-state index contributed by atoms with van der Waals surface area (Å²) in [6, 6.07) is 20.2. The largest absolute Gasteiger partial charge is 0.350 e. The quantitative estimate of drug-likeness (QED) is 0.304. The number of hydrogen-bond donors (Lipinski definition) is 2. The van der Waals surface area contributed by atoms with Gasteiger partial charge in [0.1, 0.15) is 10.7 Å². The fraction of sp³-hybridized carbons (Fsp3) is 0. The molecule has 0 atom stereocenters. The van der Waals surface area contributed by atoms with E-state index in [-0.39, 0.29) is 16.6 Å². The zero-order valence-electron chi connectivity index (χ0n) is 16.2. The maximum absolute atomic E-state index is 12.9. The molecule has 0 fully saturated rings. The van der Waals surface area contributed by atoms with E-state index >= 15 is 0 Å². The summed E-state index contributed by atoms with van der Waals surface area (Å²) < 4.78 is 1.06. The summed E-state index contributed by atoms with van der Waals surface area (Å²) in [4.78, 5) is 39.1. The lowest BCUT2D eigenvalue weighted by Gasteiger charge is -2.15. The lowest BCUT2D eigenvalue weighted by Crippen LogP contribution is -2.32. The minimum Gasteiger partial charge on any atom is -0.350 e. The molecule has 0 bridgehead atoms. The lowest BCUT2D eigenvalue weighted by molar-refractivity contribution is -0.120. The van der Waals surface area contributed by atoms with Crippen LogP contribution in [0.1, 0.15) is 10.4 Å². The molecular weight excluding hydrogens is 564 g/mol. The van der Waals surface area contributed by atoms with E-state index in [0.717, 1.165) is 8.47 Å². The van der Waals surface area contributed by atoms with Crippen molar-refractivity contribution < 1.29 is 14.4 Å². The van der Waals surface area contributed by atoms with Crippen LogP contribution >= 0.6 is 45.8 Å². The molecule has 1 heterocycles. The van der Waals surface area contributed by atoms with Crippen LogP contribution in [0.3, 0.4) is 0 Å². The van der Waals surface area contributed by atoms with Crippen molar-refractivity contribution in [1.29, 1.82) is 0 Å². The second-order valence-electron chi connectivity index (χ2n) is 6.78. The highest BCUT2D eigenvalue weighted by atomic mass is 127. The first-order valence-electron chi connectivity index (χ1n) is 9.31. The van der Waals surface area contributed by atoms with Gasteiger partial charge in [0, 0.05) is 25.5 Å². The number of carbonyl (C=O) groups is 3. The molecule has 32 heavy (non-hydrogen) atoms. The average Bonchev–Trinajstić information content (AvgIpc) is 2.99. The lowest BCUT2D eigenvalue weighted by atomic mass is 10.1. The van der Waals surface area contributed by atoms with Crippen LogP contribution in [0.25, 0.3) is 0 Å². The predicted molar refractivity (Wildman–Crippen MR) is 134 cm³/mol. The number of carbonyl (C=O) groups excluding carboxylic acids is 3. The van der Waals surface area contributed by atoms with Gasteiger partial charge >= 0.3 is 0 Å². The smallest absolute Gasteiger partial charge is 0.283 e. The molecule has 0 spiro atoms. The molecule has 4 rings (SSSR count). The monoisotopic (exact) mass is 577 g/mol. The van der Waals surface area contributed by atoms with Crippen molar-refractivity contribution in [3.8, 4) is 0 Å². The molecule has 0 unspecified atom stereocenters. The van der Waals surface area contributed by atoms with E-state index in [2.05, 4.69) is 33.2 Å². The van der Waals surface area contributed by atoms with Crippen molar-refractivity contribution in [2.45, 2.75) is 0 Å². The SMILES string of the molecule is O=C(Nc1ccc(I)cc1)c1cccc(NC2=C(Cl)C(=O)N(c3ccc(Cl)cc3)C2=O)c1. The number of nitrogens with zero attached hydrogens (tertiary/aromatic N) is 1. The van der Waals surface area contributed by atoms with Crippen LogP contribution in [0.5, 0.6) is 0 Å². The number of rotatable bonds is 5. The Labute approximate surface area is 207 Å². The Kier molecular flexibility index (Phi) is 6.50. The first-order valence-corrected chi connectivity index (χ1v) is 11.1. The molecule has 3 aromatic rings. The molecule has 0 saturated carbocycles. The standard InChI is InChI=1S/C23H14Cl2IN3O3/c24-14-4-10-18(11-5-14)29-22(31)19(25)20(23(29)32)27-17-3-1-2-13(12-17)21(30)28-16-8-6-15(26)7-9-16/h1-12,27H,(H,28,30). The van der Waals surface area contributed by atoms with Crippen LogP contribution < -0.4 is 15.5 Å². The van der Waals surface area contributed by atoms with Crippen LogP contribution in [0.2, 0.25) is 5.02 Å². The molecule has 0 radical (unpaired) electrons. The van der Waals surface area contributed by atoms with Gasteiger partial charge < -0.3 is 10.6 Å². The highest BCUT2D eigenvalue weighted by Crippen LogP contribution is 2.31. The normalized spacial score (nSPS) is 13.5. The van der Waals surface area contributed by atoms with E-state index in [4.69, 9.17) is 23.2 Å². The summed E-state index contributed by atoms with van der Waals surface area (Å²) in [5.74, 6) is -1.56. The third-order valence-electron chi connectivity index (χ3n) is 4.61. The second kappa shape index (κ2) is 9.32. The van der Waals surface area contributed by atoms with E-state index in [1.54, 1.807) is 60.7 Å². The van der Waals surface area contributed by atoms with Gasteiger partial charge in [0.05, 0.1) is 5.69 Å². The van der Waals surface area contributed by atoms with Crippen molar-refractivity contribution in [3.05, 3.63) is 97.7 Å². The molecule has 1 aliphatic rings. The molecule has 0 saturated heterocycles. The molecule has 160 valence electrons. The molecule has 3 amide bonds. The highest BCUT2D eigenvalue weighted by molar-refractivity contribution is 14.1. The first kappa shape index (κ1) is 22.3. The van der Waals surface area contributed by atoms with Gasteiger partial charge in [-0.1, -0.05) is 29.3 Å². The van der Waals surface area contributed by atoms with Crippen LogP contribution in [0, 0.1) is 3.57 Å². The Morgan fingerprint density at radius 1 is 0.844 bits per heavy atom. The van der Waals surface area contributed by atoms with Gasteiger partial charge in [-0.3, -0.25) is 14.4 Å². The van der Waals surface area contributed by atoms with Crippen molar-refractivity contribution in [1.82, 2.24) is 0 Å². The molecule has 0 aliphatic carbocycles. The van der Waals surface area contributed by atoms with E-state index in [1.165, 1.54) is 0 Å². The highest BCUT2D eigenvalue weighted by Gasteiger charge is 2.38. The van der Waals surface area contributed by atoms with Gasteiger partial charge in [0.25, 0.3) is 17.7 Å². The van der Waals surface area contributed by atoms with Crippen LogP contribution in [0.15, 0.2) is 83.5 Å². The number of halogens is 3. The van der Waals surface area contributed by atoms with Crippen LogP contribution in [-0.2, 0) is 9.59 Å². The Morgan fingerprint density at radius 2 is 1.53 bits per heavy atom. The summed E-state index contributed by atoms with van der Waals surface area (Å²) in [5.41, 5.74) is 1.76. The van der Waals surface area contributed by atoms with Gasteiger partial charge in [-0.2, -0.15) is 0 Å². The molecule has 2 N–H and O–H groups in total. The number of nitrogens with one attached hydrogen (secondary N) is 2. The summed E-state index contributed by atoms with van der Waals surface area (Å²) in [5, 5.41) is 5.93. The number of benzene rings is 3. The Balaban J connectivity index is 1.53. The summed E-state index contributed by atoms with van der Waals surface area (Å²) in [6.07, 6.45) is 0. The Hall–Kier alpha value is -2.88. The minimum absolute atomic E-state index is 0.0678. The number of imide groups is 1. The maximum Gasteiger partial charge on any atom is 0.283 e. The first-order chi connectivity index (χ1) is 15.3. The van der Waals surface area contributed by atoms with Gasteiger partial charge in [-0.05, 0) is 89.3 Å². The third kappa shape index (κ3) is 4.64. The van der Waals surface area contributed by atoms with Gasteiger partial charge in [-0.15, -0.1) is 0 Å². The molecule has 3 aromatic carbocycles. The molecule has 0 aromatic heterocycles. The molecule has 9 heteroatoms. The minimum atomic E-state index is -0.644. The van der Waals surface area contributed by atoms with E-state index in [9.17, 15) is 14.4 Å². The summed E-state index contributed by atoms with van der Waals surface area (Å²) in [6.45, 7) is 0. The molecule has 6 nitrogen and oxygen atoms in total. The van der Waals surface area contributed by atoms with E-state index < -0.39 is 11.8 Å². The zero-order chi connectivity index (χ0) is 22.8. The molecular formula is C23H14Cl2IN3O3. The van der Waals surface area contributed by atoms with Crippen molar-refractivity contribution in [2.75, 3.05) is 15.5 Å².